The van der Waals surface area contributed by atoms with Gasteiger partial charge in [-0.2, -0.15) is 0 Å². The summed E-state index contributed by atoms with van der Waals surface area (Å²) in [5.74, 6) is -1.19. The van der Waals surface area contributed by atoms with E-state index in [2.05, 4.69) is 106 Å². The van der Waals surface area contributed by atoms with Gasteiger partial charge < -0.3 is 10.2 Å². The first-order valence-corrected chi connectivity index (χ1v) is 22.0. The number of hydrogen-bond donors (Lipinski definition) is 2. The number of carbonyl (C=O) groups excluding carboxylic acids is 2. The Balaban J connectivity index is 0.981. The molecule has 0 heterocycles. The summed E-state index contributed by atoms with van der Waals surface area (Å²) in [5.41, 5.74) is 0.768. The predicted octanol–water partition coefficient (Wildman–Crippen LogP) is 9.52. The molecule has 1 aliphatic carbocycles. The zero-order valence-corrected chi connectivity index (χ0v) is 31.0. The van der Waals surface area contributed by atoms with E-state index in [0.717, 1.165) is 38.3 Å². The first-order chi connectivity index (χ1) is 24.2. The number of benzene rings is 5. The van der Waals surface area contributed by atoms with E-state index in [4.69, 9.17) is 4.74 Å². The summed E-state index contributed by atoms with van der Waals surface area (Å²) in [6.45, 7) is 2.20. The molecule has 50 heavy (non-hydrogen) atoms. The molecule has 0 aliphatic heterocycles. The molecule has 0 saturated heterocycles. The maximum absolute atomic E-state index is 13.2. The van der Waals surface area contributed by atoms with Crippen LogP contribution in [-0.2, 0) is 0 Å². The fourth-order valence-electron chi connectivity index (χ4n) is 7.37. The Labute approximate surface area is 303 Å². The number of rotatable bonds is 15. The van der Waals surface area contributed by atoms with E-state index in [0.29, 0.717) is 17.9 Å². The van der Waals surface area contributed by atoms with Crippen molar-refractivity contribution in [2.75, 3.05) is 12.8 Å². The molecule has 1 aliphatic rings. The minimum atomic E-state index is -2.86. The summed E-state index contributed by atoms with van der Waals surface area (Å²) in [6.07, 6.45) is 9.89. The number of ketones is 2. The second-order valence-corrected chi connectivity index (χ2v) is 22.4. The first kappa shape index (κ1) is 35.6. The summed E-state index contributed by atoms with van der Waals surface area (Å²) < 4.78 is 5.91. The molecule has 5 nitrogen and oxygen atoms in total. The minimum absolute atomic E-state index is 0.0643. The van der Waals surface area contributed by atoms with Crippen molar-refractivity contribution in [3.05, 3.63) is 143 Å². The van der Waals surface area contributed by atoms with Crippen LogP contribution in [0.15, 0.2) is 115 Å². The number of hydrogen-bond acceptors (Lipinski definition) is 5. The van der Waals surface area contributed by atoms with Gasteiger partial charge in [-0.1, -0.05) is 0 Å². The van der Waals surface area contributed by atoms with Crippen LogP contribution in [-0.4, -0.2) is 34.5 Å². The summed E-state index contributed by atoms with van der Waals surface area (Å²) >= 11 is 4.56. The largest absolute Gasteiger partial charge is 0.507 e. The van der Waals surface area contributed by atoms with E-state index in [1.165, 1.54) is 53.4 Å². The monoisotopic (exact) mass is 750 g/mol. The van der Waals surface area contributed by atoms with Crippen molar-refractivity contribution in [2.24, 2.45) is 0 Å². The Kier molecular flexibility index (Phi) is 10.9. The van der Waals surface area contributed by atoms with Crippen LogP contribution in [0.5, 0.6) is 17.2 Å². The average molecular weight is 752 g/mol. The molecule has 0 radical (unpaired) electrons. The van der Waals surface area contributed by atoms with E-state index in [1.54, 1.807) is 13.0 Å². The number of unbranched alkanes of at least 4 members (excludes halogenated alkanes) is 7. The van der Waals surface area contributed by atoms with Gasteiger partial charge in [0, 0.05) is 17.2 Å². The normalized spacial score (nSPS) is 13.3. The summed E-state index contributed by atoms with van der Waals surface area (Å²) in [6, 6.07) is 38.9. The number of phenols is 2. The quantitative estimate of drug-likeness (QED) is 0.0807. The van der Waals surface area contributed by atoms with Gasteiger partial charge in [0.05, 0.1) is 11.1 Å². The molecule has 0 spiro atoms. The molecular formula is C43H44BrO5P. The molecule has 0 atom stereocenters. The van der Waals surface area contributed by atoms with Gasteiger partial charge in [0.1, 0.15) is 11.5 Å². The first-order valence-electron chi connectivity index (χ1n) is 17.5. The Morgan fingerprint density at radius 3 is 1.52 bits per heavy atom. The number of carbonyl (C=O) groups is 2. The number of ether oxygens (including phenoxy) is 1. The van der Waals surface area contributed by atoms with Gasteiger partial charge in [-0.3, -0.25) is 9.59 Å². The van der Waals surface area contributed by atoms with Crippen molar-refractivity contribution in [1.29, 1.82) is 0 Å². The molecule has 0 aromatic heterocycles. The van der Waals surface area contributed by atoms with Gasteiger partial charge >= 0.3 is 202 Å². The van der Waals surface area contributed by atoms with Gasteiger partial charge in [-0.15, -0.1) is 0 Å². The number of aryl methyl sites for hydroxylation is 1. The van der Waals surface area contributed by atoms with Crippen molar-refractivity contribution in [3.63, 3.8) is 0 Å². The summed E-state index contributed by atoms with van der Waals surface area (Å²) in [7, 11) is 0. The van der Waals surface area contributed by atoms with Crippen LogP contribution in [0.4, 0.5) is 0 Å². The van der Waals surface area contributed by atoms with Crippen molar-refractivity contribution < 1.29 is 24.5 Å². The molecule has 2 N–H and O–H groups in total. The van der Waals surface area contributed by atoms with Crippen LogP contribution in [0.1, 0.15) is 88.8 Å². The van der Waals surface area contributed by atoms with Crippen LogP contribution < -0.4 is 20.7 Å². The Hall–Kier alpha value is -4.25. The van der Waals surface area contributed by atoms with Gasteiger partial charge in [-0.25, -0.2) is 0 Å². The van der Waals surface area contributed by atoms with Gasteiger partial charge in [0.15, 0.2) is 5.78 Å². The van der Waals surface area contributed by atoms with E-state index < -0.39 is 16.9 Å². The second-order valence-electron chi connectivity index (χ2n) is 13.3. The van der Waals surface area contributed by atoms with Gasteiger partial charge in [0.2, 0.25) is 5.78 Å². The van der Waals surface area contributed by atoms with Crippen molar-refractivity contribution in [2.45, 2.75) is 58.3 Å². The molecule has 0 unspecified atom stereocenters. The maximum Gasteiger partial charge on any atom is 0.201 e. The average Bonchev–Trinajstić information content (AvgIpc) is 3.13. The summed E-state index contributed by atoms with van der Waals surface area (Å²) in [5, 5.41) is 22.2. The SMILES string of the molecule is Cc1cc(O)c2c(c1)C(=O)c1cc(OCCCCCCCCCCP(Br)(c3ccccc3)(c3ccccc3)c3ccccc3)cc(O)c1C2=O. The van der Waals surface area contributed by atoms with Crippen LogP contribution in [0.25, 0.3) is 0 Å². The van der Waals surface area contributed by atoms with E-state index >= 15 is 0 Å². The molecular weight excluding hydrogens is 707 g/mol. The van der Waals surface area contributed by atoms with Gasteiger partial charge in [-0.05, 0) is 30.7 Å². The van der Waals surface area contributed by atoms with Crippen molar-refractivity contribution >= 4 is 48.3 Å². The molecule has 0 fully saturated rings. The third-order valence-corrected chi connectivity index (χ3v) is 20.0. The van der Waals surface area contributed by atoms with Crippen LogP contribution in [0.2, 0.25) is 0 Å². The molecule has 5 aromatic rings. The smallest absolute Gasteiger partial charge is 0.201 e. The molecule has 258 valence electrons. The Morgan fingerprint density at radius 2 is 1.00 bits per heavy atom. The number of phenolic OH excluding ortho intramolecular Hbond substituents is 2. The topological polar surface area (TPSA) is 83.8 Å². The minimum Gasteiger partial charge on any atom is -0.507 e. The van der Waals surface area contributed by atoms with Gasteiger partial charge in [0.25, 0.3) is 0 Å². The fraction of sp³-hybridized carbons (Fsp3) is 0.256. The summed E-state index contributed by atoms with van der Waals surface area (Å²) in [4.78, 5) is 26.3. The van der Waals surface area contributed by atoms with E-state index in [9.17, 15) is 19.8 Å². The zero-order chi connectivity index (χ0) is 35.2. The van der Waals surface area contributed by atoms with Crippen molar-refractivity contribution in [3.8, 4) is 17.2 Å². The predicted molar refractivity (Wildman–Crippen MR) is 209 cm³/mol. The van der Waals surface area contributed by atoms with Crippen LogP contribution in [0, 0.1) is 6.92 Å². The molecule has 0 amide bonds. The third-order valence-electron chi connectivity index (χ3n) is 9.92. The molecule has 6 rings (SSSR count). The van der Waals surface area contributed by atoms with E-state index in [-0.39, 0.29) is 33.8 Å². The van der Waals surface area contributed by atoms with Crippen LogP contribution >= 0.6 is 20.8 Å². The second kappa shape index (κ2) is 15.3. The maximum atomic E-state index is 13.2. The third kappa shape index (κ3) is 6.89. The standard InChI is InChI=1S/C43H44BrO5P/c1-31-27-36-40(38(45)28-31)43(48)41-37(42(36)47)29-32(30-39(41)46)49-25-17-6-4-2-3-5-7-18-26-50(44,33-19-11-8-12-20-33,34-21-13-9-14-22-34)35-23-15-10-16-24-35/h8-16,19-24,27-30,45-46H,2-7,17-18,25-26H2,1H3. The van der Waals surface area contributed by atoms with Crippen LogP contribution in [0.3, 0.4) is 0 Å². The molecule has 7 heteroatoms. The van der Waals surface area contributed by atoms with E-state index in [1.807, 2.05) is 0 Å². The zero-order valence-electron chi connectivity index (χ0n) is 28.5. The number of halogens is 1. The number of aromatic hydroxyl groups is 2. The molecule has 0 saturated carbocycles. The molecule has 0 bridgehead atoms. The number of fused-ring (bicyclic) bond motifs is 2. The van der Waals surface area contributed by atoms with Crippen molar-refractivity contribution in [1.82, 2.24) is 0 Å². The molecule has 5 aromatic carbocycles. The Morgan fingerprint density at radius 1 is 0.560 bits per heavy atom. The fourth-order valence-corrected chi connectivity index (χ4v) is 15.1. The Bertz CT molecular complexity index is 1880.